The average Bonchev–Trinajstić information content (AvgIpc) is 2.73. The minimum absolute atomic E-state index is 0.200. The van der Waals surface area contributed by atoms with Crippen LogP contribution in [-0.2, 0) is 9.59 Å². The van der Waals surface area contributed by atoms with Gasteiger partial charge in [0.25, 0.3) is 11.8 Å². The minimum Gasteiger partial charge on any atom is -0.484 e. The Bertz CT molecular complexity index is 933. The molecular formula is C21H17Cl2N3O4. The number of carbonyl (C=O) groups is 2. The standard InChI is InChI=1S/C21H17Cl2N3O4/c22-14-4-8-16(9-5-14)29-12-20(27)25-18-2-1-3-19(24-18)26-21(28)13-30-17-10-6-15(23)7-11-17/h1-11H,12-13H2,(H2,24,25,26,27,28). The number of hydrogen-bond acceptors (Lipinski definition) is 5. The van der Waals surface area contributed by atoms with Crippen LogP contribution in [0.5, 0.6) is 11.5 Å². The number of nitrogens with zero attached hydrogens (tertiary/aromatic N) is 1. The number of nitrogens with one attached hydrogen (secondary N) is 2. The molecule has 0 bridgehead atoms. The molecule has 0 atom stereocenters. The van der Waals surface area contributed by atoms with Crippen LogP contribution in [0.3, 0.4) is 0 Å². The van der Waals surface area contributed by atoms with E-state index in [0.717, 1.165) is 0 Å². The largest absolute Gasteiger partial charge is 0.484 e. The molecule has 0 saturated carbocycles. The Morgan fingerprint density at radius 2 is 1.10 bits per heavy atom. The Hall–Kier alpha value is -3.29. The molecule has 9 heteroatoms. The lowest BCUT2D eigenvalue weighted by Crippen LogP contribution is -2.22. The molecule has 30 heavy (non-hydrogen) atoms. The number of benzene rings is 2. The summed E-state index contributed by atoms with van der Waals surface area (Å²) >= 11 is 11.6. The van der Waals surface area contributed by atoms with E-state index >= 15 is 0 Å². The quantitative estimate of drug-likeness (QED) is 0.535. The van der Waals surface area contributed by atoms with Crippen molar-refractivity contribution in [1.82, 2.24) is 4.98 Å². The third kappa shape index (κ3) is 6.95. The van der Waals surface area contributed by atoms with Crippen LogP contribution in [0.2, 0.25) is 10.0 Å². The molecule has 0 unspecified atom stereocenters. The van der Waals surface area contributed by atoms with E-state index in [1.807, 2.05) is 0 Å². The first-order chi connectivity index (χ1) is 14.5. The van der Waals surface area contributed by atoms with Crippen LogP contribution in [0.4, 0.5) is 11.6 Å². The van der Waals surface area contributed by atoms with E-state index in [4.69, 9.17) is 32.7 Å². The number of carbonyl (C=O) groups excluding carboxylic acids is 2. The Balaban J connectivity index is 1.47. The van der Waals surface area contributed by atoms with Crippen molar-refractivity contribution in [3.63, 3.8) is 0 Å². The van der Waals surface area contributed by atoms with Crippen LogP contribution >= 0.6 is 23.2 Å². The molecular weight excluding hydrogens is 429 g/mol. The normalized spacial score (nSPS) is 10.2. The van der Waals surface area contributed by atoms with E-state index in [0.29, 0.717) is 21.5 Å². The first-order valence-electron chi connectivity index (χ1n) is 8.81. The minimum atomic E-state index is -0.396. The van der Waals surface area contributed by atoms with E-state index in [9.17, 15) is 9.59 Å². The fraction of sp³-hybridized carbons (Fsp3) is 0.0952. The molecule has 0 aliphatic rings. The van der Waals surface area contributed by atoms with Crippen LogP contribution in [0.1, 0.15) is 0 Å². The molecule has 0 aliphatic heterocycles. The molecule has 2 amide bonds. The van der Waals surface area contributed by atoms with Gasteiger partial charge in [-0.05, 0) is 60.7 Å². The lowest BCUT2D eigenvalue weighted by Gasteiger charge is -2.09. The summed E-state index contributed by atoms with van der Waals surface area (Å²) in [5.74, 6) is 0.791. The van der Waals surface area contributed by atoms with E-state index in [1.54, 1.807) is 66.7 Å². The molecule has 7 nitrogen and oxygen atoms in total. The molecule has 0 aliphatic carbocycles. The highest BCUT2D eigenvalue weighted by molar-refractivity contribution is 6.30. The summed E-state index contributed by atoms with van der Waals surface area (Å²) in [6, 6.07) is 18.2. The topological polar surface area (TPSA) is 89.6 Å². The van der Waals surface area contributed by atoms with Gasteiger partial charge < -0.3 is 20.1 Å². The number of amides is 2. The van der Waals surface area contributed by atoms with Gasteiger partial charge in [-0.2, -0.15) is 0 Å². The third-order valence-corrected chi connectivity index (χ3v) is 4.16. The molecule has 1 aromatic heterocycles. The molecule has 0 saturated heterocycles. The summed E-state index contributed by atoms with van der Waals surface area (Å²) in [6.45, 7) is -0.399. The fourth-order valence-electron chi connectivity index (χ4n) is 2.29. The Morgan fingerprint density at radius 1 is 0.700 bits per heavy atom. The highest BCUT2D eigenvalue weighted by Gasteiger charge is 2.08. The third-order valence-electron chi connectivity index (χ3n) is 3.65. The van der Waals surface area contributed by atoms with Crippen LogP contribution in [0.15, 0.2) is 66.7 Å². The van der Waals surface area contributed by atoms with Gasteiger partial charge in [-0.1, -0.05) is 29.3 Å². The zero-order valence-corrected chi connectivity index (χ0v) is 17.1. The van der Waals surface area contributed by atoms with Crippen LogP contribution < -0.4 is 20.1 Å². The molecule has 0 radical (unpaired) electrons. The van der Waals surface area contributed by atoms with Crippen LogP contribution in [0, 0.1) is 0 Å². The van der Waals surface area contributed by atoms with Crippen molar-refractivity contribution < 1.29 is 19.1 Å². The number of rotatable bonds is 8. The van der Waals surface area contributed by atoms with Crippen molar-refractivity contribution in [3.05, 3.63) is 76.8 Å². The predicted molar refractivity (Wildman–Crippen MR) is 115 cm³/mol. The van der Waals surface area contributed by atoms with E-state index in [-0.39, 0.29) is 24.8 Å². The van der Waals surface area contributed by atoms with E-state index < -0.39 is 11.8 Å². The number of anilines is 2. The maximum absolute atomic E-state index is 12.1. The molecule has 0 spiro atoms. The monoisotopic (exact) mass is 445 g/mol. The maximum atomic E-state index is 12.1. The summed E-state index contributed by atoms with van der Waals surface area (Å²) in [6.07, 6.45) is 0. The van der Waals surface area contributed by atoms with Crippen molar-refractivity contribution >= 4 is 46.7 Å². The number of pyridine rings is 1. The van der Waals surface area contributed by atoms with Gasteiger partial charge in [-0.3, -0.25) is 9.59 Å². The molecule has 1 heterocycles. The van der Waals surface area contributed by atoms with Gasteiger partial charge in [0.2, 0.25) is 0 Å². The summed E-state index contributed by atoms with van der Waals surface area (Å²) in [5.41, 5.74) is 0. The molecule has 0 fully saturated rings. The Labute approximate surface area is 182 Å². The van der Waals surface area contributed by atoms with Gasteiger partial charge in [0.15, 0.2) is 13.2 Å². The zero-order chi connectivity index (χ0) is 21.3. The Morgan fingerprint density at radius 3 is 1.50 bits per heavy atom. The average molecular weight is 446 g/mol. The summed E-state index contributed by atoms with van der Waals surface area (Å²) in [7, 11) is 0. The first-order valence-corrected chi connectivity index (χ1v) is 9.57. The molecule has 2 aromatic carbocycles. The van der Waals surface area contributed by atoms with Crippen LogP contribution in [0.25, 0.3) is 0 Å². The zero-order valence-electron chi connectivity index (χ0n) is 15.6. The summed E-state index contributed by atoms with van der Waals surface area (Å²) < 4.78 is 10.8. The van der Waals surface area contributed by atoms with Crippen molar-refractivity contribution in [1.29, 1.82) is 0 Å². The van der Waals surface area contributed by atoms with Crippen molar-refractivity contribution in [3.8, 4) is 11.5 Å². The number of aromatic nitrogens is 1. The van der Waals surface area contributed by atoms with E-state index in [2.05, 4.69) is 15.6 Å². The van der Waals surface area contributed by atoms with Gasteiger partial charge in [0.1, 0.15) is 23.1 Å². The Kier molecular flexibility index (Phi) is 7.48. The smallest absolute Gasteiger partial charge is 0.263 e. The van der Waals surface area contributed by atoms with Crippen molar-refractivity contribution in [2.75, 3.05) is 23.8 Å². The number of halogens is 2. The number of hydrogen-bond donors (Lipinski definition) is 2. The second-order valence-corrected chi connectivity index (χ2v) is 6.86. The molecule has 3 rings (SSSR count). The summed E-state index contributed by atoms with van der Waals surface area (Å²) in [4.78, 5) is 28.3. The van der Waals surface area contributed by atoms with Crippen LogP contribution in [-0.4, -0.2) is 30.0 Å². The van der Waals surface area contributed by atoms with Gasteiger partial charge in [0.05, 0.1) is 0 Å². The number of ether oxygens (including phenoxy) is 2. The second kappa shape index (κ2) is 10.5. The predicted octanol–water partition coefficient (Wildman–Crippen LogP) is 4.42. The highest BCUT2D eigenvalue weighted by atomic mass is 35.5. The van der Waals surface area contributed by atoms with Crippen molar-refractivity contribution in [2.45, 2.75) is 0 Å². The van der Waals surface area contributed by atoms with Gasteiger partial charge >= 0.3 is 0 Å². The summed E-state index contributed by atoms with van der Waals surface area (Å²) in [5, 5.41) is 6.36. The lowest BCUT2D eigenvalue weighted by atomic mass is 10.3. The van der Waals surface area contributed by atoms with E-state index in [1.165, 1.54) is 0 Å². The second-order valence-electron chi connectivity index (χ2n) is 5.99. The van der Waals surface area contributed by atoms with Gasteiger partial charge in [-0.25, -0.2) is 4.98 Å². The maximum Gasteiger partial charge on any atom is 0.263 e. The lowest BCUT2D eigenvalue weighted by molar-refractivity contribution is -0.118. The first kappa shape index (κ1) is 21.4. The highest BCUT2D eigenvalue weighted by Crippen LogP contribution is 2.17. The molecule has 3 aromatic rings. The van der Waals surface area contributed by atoms with Gasteiger partial charge in [-0.15, -0.1) is 0 Å². The SMILES string of the molecule is O=C(COc1ccc(Cl)cc1)Nc1cccc(NC(=O)COc2ccc(Cl)cc2)n1. The molecule has 2 N–H and O–H groups in total. The van der Waals surface area contributed by atoms with Crippen molar-refractivity contribution in [2.24, 2.45) is 0 Å². The molecule has 154 valence electrons. The van der Waals surface area contributed by atoms with Gasteiger partial charge in [0, 0.05) is 10.0 Å². The fourth-order valence-corrected chi connectivity index (χ4v) is 2.54.